The van der Waals surface area contributed by atoms with Crippen LogP contribution in [0.2, 0.25) is 0 Å². The standard InChI is InChI=1S/C18H13N3O3S/c22-7-3-8-18-4-9(25-8)20-13-11(18)15-10-6(5-19-12(10)16(13)23)1-2-21(15)14(7)17(18)24/h3,5,9,14,17,24H,1-2,4H2,(H,19,20,23)/p+1/t9-,14+,17-,18+/m0/s1. The summed E-state index contributed by atoms with van der Waals surface area (Å²) in [5, 5.41) is 27.7. The van der Waals surface area contributed by atoms with Crippen molar-refractivity contribution in [1.82, 2.24) is 4.58 Å². The van der Waals surface area contributed by atoms with Crippen LogP contribution in [0, 0.1) is 0 Å². The molecule has 25 heavy (non-hydrogen) atoms. The molecule has 124 valence electrons. The summed E-state index contributed by atoms with van der Waals surface area (Å²) in [5.41, 5.74) is 2.82. The molecule has 0 unspecified atom stereocenters. The van der Waals surface area contributed by atoms with E-state index in [1.54, 1.807) is 17.8 Å². The number of hydrogen-bond acceptors (Lipinski definition) is 6. The third-order valence-electron chi connectivity index (χ3n) is 6.67. The highest BCUT2D eigenvalue weighted by Gasteiger charge is 2.66. The number of phenolic OH excluding ortho intramolecular Hbond substituents is 1. The lowest BCUT2D eigenvalue weighted by Crippen LogP contribution is -2.70. The summed E-state index contributed by atoms with van der Waals surface area (Å²) < 4.78 is 2.06. The summed E-state index contributed by atoms with van der Waals surface area (Å²) in [7, 11) is 0. The molecule has 1 aromatic carbocycles. The second kappa shape index (κ2) is 3.68. The van der Waals surface area contributed by atoms with Crippen LogP contribution < -0.4 is 20.5 Å². The number of aliphatic imine (C=N–C) groups is 1. The number of aliphatic hydroxyl groups is 1. The molecular formula is C18H14N3O3S+. The number of ketones is 1. The molecule has 0 radical (unpaired) electrons. The van der Waals surface area contributed by atoms with Gasteiger partial charge in [0.05, 0.1) is 27.3 Å². The normalized spacial score (nSPS) is 37.4. The fraction of sp³-hybridized carbons (Fsp3) is 0.389. The number of carbonyl (C=O) groups excluding carboxylic acids is 1. The molecule has 5 aliphatic heterocycles. The van der Waals surface area contributed by atoms with E-state index < -0.39 is 17.6 Å². The van der Waals surface area contributed by atoms with Crippen LogP contribution in [0.25, 0.3) is 5.57 Å². The smallest absolute Gasteiger partial charge is 0.242 e. The first-order valence-electron chi connectivity index (χ1n) is 8.59. The Morgan fingerprint density at radius 1 is 1.44 bits per heavy atom. The zero-order chi connectivity index (χ0) is 16.7. The van der Waals surface area contributed by atoms with Gasteiger partial charge >= 0.3 is 0 Å². The maximum Gasteiger partial charge on any atom is 0.242 e. The molecule has 1 saturated heterocycles. The van der Waals surface area contributed by atoms with Crippen LogP contribution in [-0.4, -0.2) is 46.3 Å². The number of fused-ring (bicyclic) bond motifs is 3. The monoisotopic (exact) mass is 352 g/mol. The van der Waals surface area contributed by atoms with Gasteiger partial charge in [0.15, 0.2) is 5.75 Å². The molecule has 6 nitrogen and oxygen atoms in total. The second-order valence-corrected chi connectivity index (χ2v) is 8.87. The summed E-state index contributed by atoms with van der Waals surface area (Å²) in [6.45, 7) is 0.689. The topological polar surface area (TPSA) is 84.9 Å². The number of phenols is 1. The van der Waals surface area contributed by atoms with Gasteiger partial charge in [-0.05, 0) is 18.1 Å². The van der Waals surface area contributed by atoms with E-state index in [9.17, 15) is 15.0 Å². The summed E-state index contributed by atoms with van der Waals surface area (Å²) in [4.78, 5) is 18.3. The molecule has 4 atom stereocenters. The molecule has 7 rings (SSSR count). The molecule has 1 spiro atoms. The van der Waals surface area contributed by atoms with Crippen LogP contribution in [0.5, 0.6) is 5.75 Å². The van der Waals surface area contributed by atoms with Gasteiger partial charge in [-0.15, -0.1) is 11.8 Å². The Hall–Kier alpha value is -2.12. The Kier molecular flexibility index (Phi) is 1.94. The zero-order valence-corrected chi connectivity index (χ0v) is 13.9. The lowest BCUT2D eigenvalue weighted by atomic mass is 9.62. The van der Waals surface area contributed by atoms with Crippen molar-refractivity contribution in [3.8, 4) is 5.75 Å². The van der Waals surface area contributed by atoms with E-state index in [4.69, 9.17) is 0 Å². The zero-order valence-electron chi connectivity index (χ0n) is 13.1. The van der Waals surface area contributed by atoms with Gasteiger partial charge in [0.2, 0.25) is 17.2 Å². The average Bonchev–Trinajstić information content (AvgIpc) is 3.13. The van der Waals surface area contributed by atoms with Crippen LogP contribution in [0.3, 0.4) is 0 Å². The SMILES string of the molecule is O=C1C=C2S[C@H]3C[C@]24c2c(c(O)c5c6c2=[N+](CCC=6C=N5)[C@H]1[C@@H]4O)N3. The lowest BCUT2D eigenvalue weighted by molar-refractivity contribution is -0.123. The molecule has 6 aliphatic rings. The Bertz CT molecular complexity index is 1150. The number of benzene rings is 1. The van der Waals surface area contributed by atoms with Crippen molar-refractivity contribution in [3.63, 3.8) is 0 Å². The fourth-order valence-electron chi connectivity index (χ4n) is 5.73. The van der Waals surface area contributed by atoms with Crippen LogP contribution in [0.1, 0.15) is 18.4 Å². The van der Waals surface area contributed by atoms with Crippen molar-refractivity contribution >= 4 is 40.7 Å². The van der Waals surface area contributed by atoms with Gasteiger partial charge in [0, 0.05) is 17.5 Å². The van der Waals surface area contributed by atoms with Gasteiger partial charge in [-0.1, -0.05) is 0 Å². The second-order valence-electron chi connectivity index (χ2n) is 7.62. The Labute approximate surface area is 146 Å². The van der Waals surface area contributed by atoms with E-state index in [2.05, 4.69) is 14.9 Å². The summed E-state index contributed by atoms with van der Waals surface area (Å²) in [5.74, 6) is 0.167. The maximum absolute atomic E-state index is 12.8. The van der Waals surface area contributed by atoms with Crippen LogP contribution in [0.4, 0.5) is 11.4 Å². The first-order chi connectivity index (χ1) is 12.1. The van der Waals surface area contributed by atoms with E-state index in [0.717, 1.165) is 39.5 Å². The maximum atomic E-state index is 12.8. The quantitative estimate of drug-likeness (QED) is 0.433. The van der Waals surface area contributed by atoms with Crippen molar-refractivity contribution in [2.45, 2.75) is 35.8 Å². The molecule has 0 aromatic heterocycles. The lowest BCUT2D eigenvalue weighted by Gasteiger charge is -2.45. The Morgan fingerprint density at radius 3 is 3.20 bits per heavy atom. The summed E-state index contributed by atoms with van der Waals surface area (Å²) in [6.07, 6.45) is 4.32. The molecule has 5 heterocycles. The third kappa shape index (κ3) is 1.15. The molecule has 3 bridgehead atoms. The number of aliphatic hydroxyl groups excluding tert-OH is 1. The van der Waals surface area contributed by atoms with Crippen molar-refractivity contribution < 1.29 is 15.0 Å². The summed E-state index contributed by atoms with van der Waals surface area (Å²) >= 11 is 1.61. The van der Waals surface area contributed by atoms with Gasteiger partial charge in [0.25, 0.3) is 0 Å². The van der Waals surface area contributed by atoms with Crippen LogP contribution in [-0.2, 0) is 10.2 Å². The molecule has 1 fully saturated rings. The van der Waals surface area contributed by atoms with Crippen molar-refractivity contribution in [1.29, 1.82) is 0 Å². The Morgan fingerprint density at radius 2 is 2.32 bits per heavy atom. The van der Waals surface area contributed by atoms with Gasteiger partial charge < -0.3 is 15.5 Å². The van der Waals surface area contributed by atoms with Crippen molar-refractivity contribution in [2.24, 2.45) is 4.99 Å². The minimum atomic E-state index is -0.771. The number of thioether (sulfide) groups is 1. The van der Waals surface area contributed by atoms with Crippen LogP contribution in [0.15, 0.2) is 16.0 Å². The van der Waals surface area contributed by atoms with Gasteiger partial charge in [0.1, 0.15) is 18.3 Å². The number of carbonyl (C=O) groups is 1. The molecule has 3 N–H and O–H groups in total. The van der Waals surface area contributed by atoms with E-state index in [0.29, 0.717) is 17.9 Å². The molecule has 0 saturated carbocycles. The van der Waals surface area contributed by atoms with E-state index in [1.807, 2.05) is 6.21 Å². The molecular weight excluding hydrogens is 338 g/mol. The number of nitrogens with one attached hydrogen (secondary N) is 1. The molecule has 1 aromatic rings. The van der Waals surface area contributed by atoms with Gasteiger partial charge in [-0.2, -0.15) is 0 Å². The third-order valence-corrected chi connectivity index (χ3v) is 7.98. The first-order valence-corrected chi connectivity index (χ1v) is 9.47. The van der Waals surface area contributed by atoms with Crippen molar-refractivity contribution in [3.05, 3.63) is 27.1 Å². The number of aromatic hydroxyl groups is 1. The number of nitrogens with zero attached hydrogens (tertiary/aromatic N) is 2. The van der Waals surface area contributed by atoms with E-state index in [1.165, 1.54) is 0 Å². The van der Waals surface area contributed by atoms with E-state index in [-0.39, 0.29) is 16.9 Å². The molecule has 0 amide bonds. The molecule has 1 aliphatic carbocycles. The van der Waals surface area contributed by atoms with Gasteiger partial charge in [-0.3, -0.25) is 9.79 Å². The first kappa shape index (κ1) is 13.1. The Balaban J connectivity index is 1.82. The fourth-order valence-corrected chi connectivity index (χ4v) is 7.26. The summed E-state index contributed by atoms with van der Waals surface area (Å²) in [6, 6.07) is -0.530. The molecule has 7 heteroatoms. The van der Waals surface area contributed by atoms with Crippen molar-refractivity contribution in [2.75, 3.05) is 11.9 Å². The van der Waals surface area contributed by atoms with Crippen LogP contribution >= 0.6 is 11.8 Å². The minimum Gasteiger partial charge on any atom is -0.504 e. The largest absolute Gasteiger partial charge is 0.504 e. The average molecular weight is 352 g/mol. The van der Waals surface area contributed by atoms with E-state index >= 15 is 0 Å². The number of hydrogen-bond donors (Lipinski definition) is 3. The highest BCUT2D eigenvalue weighted by Crippen LogP contribution is 2.62. The predicted molar refractivity (Wildman–Crippen MR) is 93.8 cm³/mol. The number of anilines is 1. The minimum absolute atomic E-state index is 0.00966. The highest BCUT2D eigenvalue weighted by molar-refractivity contribution is 8.04. The predicted octanol–water partition coefficient (Wildman–Crippen LogP) is -0.510. The van der Waals surface area contributed by atoms with Gasteiger partial charge in [-0.25, -0.2) is 4.58 Å². The number of rotatable bonds is 0. The highest BCUT2D eigenvalue weighted by atomic mass is 32.2.